The Hall–Kier alpha value is -2.73. The number of likely N-dealkylation sites (tertiary alicyclic amines) is 1. The van der Waals surface area contributed by atoms with E-state index in [1.54, 1.807) is 12.4 Å². The van der Waals surface area contributed by atoms with Crippen molar-refractivity contribution in [1.82, 2.24) is 20.0 Å². The second-order valence-electron chi connectivity index (χ2n) is 6.89. The first-order valence-electron chi connectivity index (χ1n) is 8.95. The molecule has 2 aromatic heterocycles. The van der Waals surface area contributed by atoms with E-state index in [-0.39, 0.29) is 6.04 Å². The first kappa shape index (κ1) is 16.7. The molecule has 1 atom stereocenters. The van der Waals surface area contributed by atoms with Gasteiger partial charge in [0.2, 0.25) is 11.7 Å². The minimum absolute atomic E-state index is 0.182. The Balaban J connectivity index is 1.49. The summed E-state index contributed by atoms with van der Waals surface area (Å²) in [5, 5.41) is 4.15. The molecule has 3 aromatic rings. The fourth-order valence-corrected chi connectivity index (χ4v) is 3.41. The van der Waals surface area contributed by atoms with Crippen molar-refractivity contribution in [2.75, 3.05) is 25.5 Å². The Morgan fingerprint density at radius 1 is 1.19 bits per heavy atom. The highest BCUT2D eigenvalue weighted by Crippen LogP contribution is 2.33. The van der Waals surface area contributed by atoms with Crippen LogP contribution in [0.5, 0.6) is 0 Å². The largest absolute Gasteiger partial charge is 0.378 e. The van der Waals surface area contributed by atoms with E-state index in [4.69, 9.17) is 4.52 Å². The molecular weight excluding hydrogens is 326 g/mol. The summed E-state index contributed by atoms with van der Waals surface area (Å²) >= 11 is 0. The van der Waals surface area contributed by atoms with Crippen molar-refractivity contribution >= 4 is 5.69 Å². The molecule has 0 aliphatic carbocycles. The lowest BCUT2D eigenvalue weighted by molar-refractivity contribution is 0.201. The molecule has 0 amide bonds. The van der Waals surface area contributed by atoms with Crippen LogP contribution < -0.4 is 4.90 Å². The molecule has 1 fully saturated rings. The molecule has 3 heterocycles. The number of pyridine rings is 1. The van der Waals surface area contributed by atoms with E-state index in [1.165, 1.54) is 11.3 Å². The molecule has 1 aliphatic heterocycles. The van der Waals surface area contributed by atoms with Crippen LogP contribution >= 0.6 is 0 Å². The minimum atomic E-state index is 0.182. The van der Waals surface area contributed by atoms with Gasteiger partial charge in [0.05, 0.1) is 6.04 Å². The standard InChI is InChI=1S/C20H23N5O/c1-24(2)17-9-7-15(8-10-17)14-25-12-4-6-18(25)20-22-19(23-26-20)16-5-3-11-21-13-16/h3,5,7-11,13,18H,4,6,12,14H2,1-2H3/t18-/m0/s1. The number of hydrogen-bond acceptors (Lipinski definition) is 6. The van der Waals surface area contributed by atoms with Crippen molar-refractivity contribution in [3.8, 4) is 11.4 Å². The third-order valence-corrected chi connectivity index (χ3v) is 4.85. The number of anilines is 1. The molecule has 0 N–H and O–H groups in total. The van der Waals surface area contributed by atoms with Gasteiger partial charge in [-0.2, -0.15) is 4.98 Å². The van der Waals surface area contributed by atoms with Gasteiger partial charge in [-0.3, -0.25) is 9.88 Å². The van der Waals surface area contributed by atoms with E-state index in [9.17, 15) is 0 Å². The quantitative estimate of drug-likeness (QED) is 0.702. The summed E-state index contributed by atoms with van der Waals surface area (Å²) in [6, 6.07) is 12.7. The maximum atomic E-state index is 5.58. The van der Waals surface area contributed by atoms with Crippen molar-refractivity contribution < 1.29 is 4.52 Å². The zero-order valence-corrected chi connectivity index (χ0v) is 15.2. The molecular formula is C20H23N5O. The lowest BCUT2D eigenvalue weighted by Gasteiger charge is -2.22. The zero-order chi connectivity index (χ0) is 17.9. The third-order valence-electron chi connectivity index (χ3n) is 4.85. The third kappa shape index (κ3) is 3.46. The van der Waals surface area contributed by atoms with Gasteiger partial charge < -0.3 is 9.42 Å². The van der Waals surface area contributed by atoms with Gasteiger partial charge >= 0.3 is 0 Å². The van der Waals surface area contributed by atoms with Crippen LogP contribution in [0.2, 0.25) is 0 Å². The number of benzene rings is 1. The smallest absolute Gasteiger partial charge is 0.244 e. The molecule has 1 aromatic carbocycles. The minimum Gasteiger partial charge on any atom is -0.378 e. The zero-order valence-electron chi connectivity index (χ0n) is 15.2. The normalized spacial score (nSPS) is 17.5. The van der Waals surface area contributed by atoms with Gasteiger partial charge in [0.25, 0.3) is 0 Å². The van der Waals surface area contributed by atoms with Crippen molar-refractivity contribution in [2.45, 2.75) is 25.4 Å². The highest BCUT2D eigenvalue weighted by molar-refractivity contribution is 5.52. The maximum Gasteiger partial charge on any atom is 0.244 e. The summed E-state index contributed by atoms with van der Waals surface area (Å²) in [6.45, 7) is 1.94. The molecule has 0 radical (unpaired) electrons. The second-order valence-corrected chi connectivity index (χ2v) is 6.89. The summed E-state index contributed by atoms with van der Waals surface area (Å²) in [4.78, 5) is 13.3. The van der Waals surface area contributed by atoms with Crippen molar-refractivity contribution in [3.63, 3.8) is 0 Å². The van der Waals surface area contributed by atoms with Crippen LogP contribution in [0, 0.1) is 0 Å². The van der Waals surface area contributed by atoms with Crippen LogP contribution in [0.25, 0.3) is 11.4 Å². The Morgan fingerprint density at radius 3 is 2.77 bits per heavy atom. The van der Waals surface area contributed by atoms with E-state index >= 15 is 0 Å². The average Bonchev–Trinajstić information content (AvgIpc) is 3.32. The second kappa shape index (κ2) is 7.25. The molecule has 26 heavy (non-hydrogen) atoms. The Labute approximate surface area is 153 Å². The first-order valence-corrected chi connectivity index (χ1v) is 8.95. The van der Waals surface area contributed by atoms with Crippen LogP contribution in [0.3, 0.4) is 0 Å². The molecule has 0 spiro atoms. The molecule has 0 bridgehead atoms. The first-order chi connectivity index (χ1) is 12.7. The highest BCUT2D eigenvalue weighted by Gasteiger charge is 2.30. The molecule has 0 saturated carbocycles. The fraction of sp³-hybridized carbons (Fsp3) is 0.350. The van der Waals surface area contributed by atoms with Crippen LogP contribution in [-0.4, -0.2) is 40.7 Å². The average molecular weight is 349 g/mol. The molecule has 0 unspecified atom stereocenters. The summed E-state index contributed by atoms with van der Waals surface area (Å²) in [7, 11) is 4.11. The number of nitrogens with zero attached hydrogens (tertiary/aromatic N) is 5. The molecule has 6 nitrogen and oxygen atoms in total. The fourth-order valence-electron chi connectivity index (χ4n) is 3.41. The number of hydrogen-bond donors (Lipinski definition) is 0. The van der Waals surface area contributed by atoms with Gasteiger partial charge in [-0.05, 0) is 49.2 Å². The predicted octanol–water partition coefficient (Wildman–Crippen LogP) is 3.53. The Morgan fingerprint density at radius 2 is 2.04 bits per heavy atom. The topological polar surface area (TPSA) is 58.3 Å². The van der Waals surface area contributed by atoms with E-state index in [1.807, 2.05) is 12.1 Å². The highest BCUT2D eigenvalue weighted by atomic mass is 16.5. The summed E-state index contributed by atoms with van der Waals surface area (Å²) in [5.41, 5.74) is 3.39. The monoisotopic (exact) mass is 349 g/mol. The van der Waals surface area contributed by atoms with E-state index < -0.39 is 0 Å². The Kier molecular flexibility index (Phi) is 4.67. The van der Waals surface area contributed by atoms with Crippen LogP contribution in [-0.2, 0) is 6.54 Å². The van der Waals surface area contributed by atoms with E-state index in [0.29, 0.717) is 11.7 Å². The number of rotatable bonds is 5. The van der Waals surface area contributed by atoms with Gasteiger partial charge in [-0.15, -0.1) is 0 Å². The van der Waals surface area contributed by atoms with Gasteiger partial charge in [-0.25, -0.2) is 0 Å². The lowest BCUT2D eigenvalue weighted by Crippen LogP contribution is -2.23. The molecule has 134 valence electrons. The van der Waals surface area contributed by atoms with Gasteiger partial charge in [0, 0.05) is 44.3 Å². The van der Waals surface area contributed by atoms with E-state index in [0.717, 1.165) is 31.5 Å². The summed E-state index contributed by atoms with van der Waals surface area (Å²) in [6.07, 6.45) is 5.69. The molecule has 4 rings (SSSR count). The van der Waals surface area contributed by atoms with Crippen molar-refractivity contribution in [2.24, 2.45) is 0 Å². The van der Waals surface area contributed by atoms with Crippen molar-refractivity contribution in [3.05, 3.63) is 60.2 Å². The SMILES string of the molecule is CN(C)c1ccc(CN2CCC[C@H]2c2nc(-c3cccnc3)no2)cc1. The summed E-state index contributed by atoms with van der Waals surface area (Å²) < 4.78 is 5.58. The lowest BCUT2D eigenvalue weighted by atomic mass is 10.1. The van der Waals surface area contributed by atoms with Crippen LogP contribution in [0.15, 0.2) is 53.3 Å². The summed E-state index contributed by atoms with van der Waals surface area (Å²) in [5.74, 6) is 1.31. The predicted molar refractivity (Wildman–Crippen MR) is 101 cm³/mol. The molecule has 1 saturated heterocycles. The van der Waals surface area contributed by atoms with Crippen LogP contribution in [0.1, 0.15) is 30.3 Å². The maximum absolute atomic E-state index is 5.58. The van der Waals surface area contributed by atoms with Gasteiger partial charge in [-0.1, -0.05) is 17.3 Å². The van der Waals surface area contributed by atoms with Crippen LogP contribution in [0.4, 0.5) is 5.69 Å². The molecule has 1 aliphatic rings. The Bertz CT molecular complexity index is 844. The van der Waals surface area contributed by atoms with Gasteiger partial charge in [0.1, 0.15) is 0 Å². The number of aromatic nitrogens is 3. The van der Waals surface area contributed by atoms with Crippen molar-refractivity contribution in [1.29, 1.82) is 0 Å². The van der Waals surface area contributed by atoms with E-state index in [2.05, 4.69) is 63.3 Å². The van der Waals surface area contributed by atoms with Gasteiger partial charge in [0.15, 0.2) is 0 Å². The molecule has 6 heteroatoms.